The normalized spacial score (nSPS) is 19.7. The van der Waals surface area contributed by atoms with E-state index in [9.17, 15) is 9.59 Å². The van der Waals surface area contributed by atoms with Crippen LogP contribution in [0.5, 0.6) is 5.75 Å². The number of para-hydroxylation sites is 1. The van der Waals surface area contributed by atoms with Crippen LogP contribution >= 0.6 is 0 Å². The van der Waals surface area contributed by atoms with Gasteiger partial charge in [-0.3, -0.25) is 4.79 Å². The molecular formula is C20H20N2O3. The van der Waals surface area contributed by atoms with Gasteiger partial charge in [0.15, 0.2) is 5.78 Å². The molecule has 1 heterocycles. The molecule has 2 amide bonds. The van der Waals surface area contributed by atoms with Crippen LogP contribution < -0.4 is 15.4 Å². The molecule has 1 fully saturated rings. The van der Waals surface area contributed by atoms with Gasteiger partial charge in [-0.2, -0.15) is 0 Å². The average molecular weight is 336 g/mol. The molecule has 2 aromatic rings. The molecule has 1 aliphatic rings. The highest BCUT2D eigenvalue weighted by Gasteiger charge is 2.39. The number of hydrogen-bond donors (Lipinski definition) is 2. The SMILES string of the molecule is C=C1NC(=O)N[C@@H](c2ccccc2OCC)[C@@H]1C(=O)c1ccccc1. The minimum absolute atomic E-state index is 0.102. The molecule has 0 radical (unpaired) electrons. The maximum Gasteiger partial charge on any atom is 0.319 e. The number of rotatable bonds is 5. The second kappa shape index (κ2) is 7.21. The Balaban J connectivity index is 2.03. The van der Waals surface area contributed by atoms with Gasteiger partial charge in [0.05, 0.1) is 18.6 Å². The Morgan fingerprint density at radius 2 is 1.80 bits per heavy atom. The highest BCUT2D eigenvalue weighted by molar-refractivity contribution is 6.01. The van der Waals surface area contributed by atoms with E-state index in [1.165, 1.54) is 0 Å². The van der Waals surface area contributed by atoms with Crippen LogP contribution in [0.25, 0.3) is 0 Å². The first kappa shape index (κ1) is 16.8. The largest absolute Gasteiger partial charge is 0.494 e. The van der Waals surface area contributed by atoms with E-state index in [4.69, 9.17) is 4.74 Å². The molecule has 0 bridgehead atoms. The molecule has 0 aliphatic carbocycles. The van der Waals surface area contributed by atoms with Crippen molar-refractivity contribution in [2.75, 3.05) is 6.61 Å². The molecule has 2 N–H and O–H groups in total. The number of carbonyl (C=O) groups is 2. The number of urea groups is 1. The van der Waals surface area contributed by atoms with Crippen LogP contribution in [-0.2, 0) is 0 Å². The van der Waals surface area contributed by atoms with Crippen molar-refractivity contribution in [2.24, 2.45) is 5.92 Å². The zero-order chi connectivity index (χ0) is 17.8. The van der Waals surface area contributed by atoms with Crippen LogP contribution in [0, 0.1) is 5.92 Å². The number of benzene rings is 2. The van der Waals surface area contributed by atoms with E-state index in [2.05, 4.69) is 17.2 Å². The van der Waals surface area contributed by atoms with Gasteiger partial charge in [-0.25, -0.2) is 4.79 Å². The predicted molar refractivity (Wildman–Crippen MR) is 95.4 cm³/mol. The van der Waals surface area contributed by atoms with Crippen molar-refractivity contribution >= 4 is 11.8 Å². The molecule has 0 unspecified atom stereocenters. The Hall–Kier alpha value is -3.08. The first-order chi connectivity index (χ1) is 12.1. The molecule has 5 heteroatoms. The molecule has 3 rings (SSSR count). The summed E-state index contributed by atoms with van der Waals surface area (Å²) < 4.78 is 5.68. The van der Waals surface area contributed by atoms with Crippen molar-refractivity contribution in [3.8, 4) is 5.75 Å². The monoisotopic (exact) mass is 336 g/mol. The summed E-state index contributed by atoms with van der Waals surface area (Å²) in [4.78, 5) is 25.1. The average Bonchev–Trinajstić information content (AvgIpc) is 2.62. The van der Waals surface area contributed by atoms with Gasteiger partial charge < -0.3 is 15.4 Å². The Morgan fingerprint density at radius 3 is 2.52 bits per heavy atom. The highest BCUT2D eigenvalue weighted by atomic mass is 16.5. The molecule has 25 heavy (non-hydrogen) atoms. The molecule has 2 aromatic carbocycles. The summed E-state index contributed by atoms with van der Waals surface area (Å²) in [6, 6.07) is 15.5. The van der Waals surface area contributed by atoms with Crippen molar-refractivity contribution < 1.29 is 14.3 Å². The van der Waals surface area contributed by atoms with Gasteiger partial charge in [-0.05, 0) is 13.0 Å². The van der Waals surface area contributed by atoms with Gasteiger partial charge in [0.2, 0.25) is 0 Å². The smallest absolute Gasteiger partial charge is 0.319 e. The summed E-state index contributed by atoms with van der Waals surface area (Å²) in [6.45, 7) is 6.30. The highest BCUT2D eigenvalue weighted by Crippen LogP contribution is 2.36. The number of nitrogens with one attached hydrogen (secondary N) is 2. The van der Waals surface area contributed by atoms with Crippen molar-refractivity contribution in [1.29, 1.82) is 0 Å². The Kier molecular flexibility index (Phi) is 4.84. The zero-order valence-electron chi connectivity index (χ0n) is 14.0. The maximum absolute atomic E-state index is 13.1. The third-order valence-corrected chi connectivity index (χ3v) is 4.16. The van der Waals surface area contributed by atoms with Crippen LogP contribution in [0.15, 0.2) is 66.9 Å². The molecule has 128 valence electrons. The molecule has 0 aromatic heterocycles. The molecule has 1 aliphatic heterocycles. The van der Waals surface area contributed by atoms with E-state index < -0.39 is 12.0 Å². The first-order valence-electron chi connectivity index (χ1n) is 8.19. The number of ether oxygens (including phenoxy) is 1. The Labute approximate surface area is 146 Å². The second-order valence-corrected chi connectivity index (χ2v) is 5.78. The lowest BCUT2D eigenvalue weighted by molar-refractivity contribution is 0.0904. The van der Waals surface area contributed by atoms with Gasteiger partial charge >= 0.3 is 6.03 Å². The minimum Gasteiger partial charge on any atom is -0.494 e. The van der Waals surface area contributed by atoms with E-state index in [1.807, 2.05) is 49.4 Å². The van der Waals surface area contributed by atoms with E-state index in [0.29, 0.717) is 23.6 Å². The fourth-order valence-electron chi connectivity index (χ4n) is 3.06. The van der Waals surface area contributed by atoms with Crippen molar-refractivity contribution in [2.45, 2.75) is 13.0 Å². The van der Waals surface area contributed by atoms with Crippen LogP contribution in [0.4, 0.5) is 4.79 Å². The number of carbonyl (C=O) groups excluding carboxylic acids is 2. The fraction of sp³-hybridized carbons (Fsp3) is 0.200. The summed E-state index contributed by atoms with van der Waals surface area (Å²) in [6.07, 6.45) is 0. The number of Topliss-reactive ketones (excluding diaryl/α,β-unsaturated/α-hetero) is 1. The third-order valence-electron chi connectivity index (χ3n) is 4.16. The second-order valence-electron chi connectivity index (χ2n) is 5.78. The molecule has 2 atom stereocenters. The lowest BCUT2D eigenvalue weighted by Gasteiger charge is -2.34. The van der Waals surface area contributed by atoms with Gasteiger partial charge in [0.1, 0.15) is 5.75 Å². The van der Waals surface area contributed by atoms with Crippen molar-refractivity contribution in [1.82, 2.24) is 10.6 Å². The van der Waals surface area contributed by atoms with E-state index in [1.54, 1.807) is 12.1 Å². The van der Waals surface area contributed by atoms with E-state index >= 15 is 0 Å². The van der Waals surface area contributed by atoms with Gasteiger partial charge in [-0.15, -0.1) is 0 Å². The minimum atomic E-state index is -0.623. The molecule has 0 saturated carbocycles. The third kappa shape index (κ3) is 3.40. The van der Waals surface area contributed by atoms with Gasteiger partial charge in [-0.1, -0.05) is 55.1 Å². The summed E-state index contributed by atoms with van der Waals surface area (Å²) in [7, 11) is 0. The summed E-state index contributed by atoms with van der Waals surface area (Å²) in [5.74, 6) is -0.0769. The van der Waals surface area contributed by atoms with Gasteiger partial charge in [0, 0.05) is 16.8 Å². The van der Waals surface area contributed by atoms with Gasteiger partial charge in [0.25, 0.3) is 0 Å². The topological polar surface area (TPSA) is 67.4 Å². The Morgan fingerprint density at radius 1 is 1.12 bits per heavy atom. The summed E-state index contributed by atoms with van der Waals surface area (Å²) in [5, 5.41) is 5.48. The van der Waals surface area contributed by atoms with Crippen molar-refractivity contribution in [3.05, 3.63) is 78.0 Å². The van der Waals surface area contributed by atoms with Crippen LogP contribution in [0.1, 0.15) is 28.9 Å². The molecule has 1 saturated heterocycles. The standard InChI is InChI=1S/C20H20N2O3/c1-3-25-16-12-8-7-11-15(16)18-17(13(2)21-20(24)22-18)19(23)14-9-5-4-6-10-14/h4-12,17-18H,2-3H2,1H3,(H2,21,22,24)/t17-,18+/m1/s1. The molecular weight excluding hydrogens is 316 g/mol. The van der Waals surface area contributed by atoms with Crippen molar-refractivity contribution in [3.63, 3.8) is 0 Å². The molecule has 0 spiro atoms. The van der Waals surface area contributed by atoms with E-state index in [0.717, 1.165) is 5.56 Å². The van der Waals surface area contributed by atoms with E-state index in [-0.39, 0.29) is 11.8 Å². The van der Waals surface area contributed by atoms with Crippen LogP contribution in [0.3, 0.4) is 0 Å². The summed E-state index contributed by atoms with van der Waals surface area (Å²) >= 11 is 0. The number of hydrogen-bond acceptors (Lipinski definition) is 3. The zero-order valence-corrected chi connectivity index (χ0v) is 14.0. The summed E-state index contributed by atoms with van der Waals surface area (Å²) in [5.41, 5.74) is 1.72. The first-order valence-corrected chi connectivity index (χ1v) is 8.19. The number of ketones is 1. The predicted octanol–water partition coefficient (Wildman–Crippen LogP) is 3.45. The Bertz CT molecular complexity index is 802. The van der Waals surface area contributed by atoms with Crippen LogP contribution in [-0.4, -0.2) is 18.4 Å². The molecule has 5 nitrogen and oxygen atoms in total. The quantitative estimate of drug-likeness (QED) is 0.822. The fourth-order valence-corrected chi connectivity index (χ4v) is 3.06. The lowest BCUT2D eigenvalue weighted by atomic mass is 9.83. The number of amides is 2. The maximum atomic E-state index is 13.1. The van der Waals surface area contributed by atoms with Crippen LogP contribution in [0.2, 0.25) is 0 Å². The lowest BCUT2D eigenvalue weighted by Crippen LogP contribution is -2.50.